The Morgan fingerprint density at radius 3 is 2.42 bits per heavy atom. The van der Waals surface area contributed by atoms with Crippen LogP contribution >= 0.6 is 0 Å². The van der Waals surface area contributed by atoms with Crippen molar-refractivity contribution in [2.45, 2.75) is 20.3 Å². The van der Waals surface area contributed by atoms with Crippen LogP contribution in [0.2, 0.25) is 0 Å². The highest BCUT2D eigenvalue weighted by molar-refractivity contribution is 5.25. The molecule has 0 radical (unpaired) electrons. The van der Waals surface area contributed by atoms with Gasteiger partial charge in [-0.2, -0.15) is 0 Å². The second-order valence-electron chi connectivity index (χ2n) is 3.61. The summed E-state index contributed by atoms with van der Waals surface area (Å²) < 4.78 is 10.4. The summed E-state index contributed by atoms with van der Waals surface area (Å²) >= 11 is 0. The normalized spacial score (nSPS) is 21.0. The van der Waals surface area contributed by atoms with Crippen LogP contribution < -0.4 is 0 Å². The fraction of sp³-hybridized carbons (Fsp3) is 0.600. The molecular formula is C10H16O2. The van der Waals surface area contributed by atoms with Crippen LogP contribution in [-0.4, -0.2) is 14.2 Å². The van der Waals surface area contributed by atoms with Crippen molar-refractivity contribution in [3.8, 4) is 0 Å². The van der Waals surface area contributed by atoms with Gasteiger partial charge in [-0.25, -0.2) is 0 Å². The number of rotatable bonds is 2. The van der Waals surface area contributed by atoms with E-state index in [4.69, 9.17) is 9.47 Å². The fourth-order valence-corrected chi connectivity index (χ4v) is 1.32. The predicted molar refractivity (Wildman–Crippen MR) is 48.6 cm³/mol. The SMILES string of the molecule is COC1=CCC(C)(C)C(OC)=C1. The van der Waals surface area contributed by atoms with Gasteiger partial charge in [-0.3, -0.25) is 0 Å². The van der Waals surface area contributed by atoms with Crippen LogP contribution in [0.25, 0.3) is 0 Å². The molecule has 0 saturated heterocycles. The average Bonchev–Trinajstić information content (AvgIpc) is 2.04. The average molecular weight is 168 g/mol. The molecule has 12 heavy (non-hydrogen) atoms. The van der Waals surface area contributed by atoms with E-state index in [1.165, 1.54) is 0 Å². The molecule has 0 saturated carbocycles. The summed E-state index contributed by atoms with van der Waals surface area (Å²) in [7, 11) is 3.38. The Kier molecular flexibility index (Phi) is 2.46. The van der Waals surface area contributed by atoms with Crippen molar-refractivity contribution in [1.82, 2.24) is 0 Å². The van der Waals surface area contributed by atoms with Crippen LogP contribution in [-0.2, 0) is 9.47 Å². The van der Waals surface area contributed by atoms with Crippen molar-refractivity contribution in [3.05, 3.63) is 23.7 Å². The number of hydrogen-bond acceptors (Lipinski definition) is 2. The fourth-order valence-electron chi connectivity index (χ4n) is 1.32. The molecule has 1 aliphatic carbocycles. The van der Waals surface area contributed by atoms with Crippen molar-refractivity contribution in [3.63, 3.8) is 0 Å². The number of hydrogen-bond donors (Lipinski definition) is 0. The molecule has 1 rings (SSSR count). The van der Waals surface area contributed by atoms with E-state index < -0.39 is 0 Å². The van der Waals surface area contributed by atoms with Crippen molar-refractivity contribution in [2.24, 2.45) is 5.41 Å². The smallest absolute Gasteiger partial charge is 0.118 e. The Balaban J connectivity index is 2.86. The molecule has 0 heterocycles. The minimum Gasteiger partial charge on any atom is -0.500 e. The number of methoxy groups -OCH3 is 2. The van der Waals surface area contributed by atoms with E-state index >= 15 is 0 Å². The first-order valence-electron chi connectivity index (χ1n) is 4.10. The van der Waals surface area contributed by atoms with Crippen molar-refractivity contribution in [2.75, 3.05) is 14.2 Å². The van der Waals surface area contributed by atoms with Crippen LogP contribution in [0.1, 0.15) is 20.3 Å². The molecule has 0 amide bonds. The molecule has 0 N–H and O–H groups in total. The largest absolute Gasteiger partial charge is 0.500 e. The maximum atomic E-state index is 5.28. The summed E-state index contributed by atoms with van der Waals surface area (Å²) in [6.07, 6.45) is 5.00. The van der Waals surface area contributed by atoms with Crippen molar-refractivity contribution < 1.29 is 9.47 Å². The van der Waals surface area contributed by atoms with E-state index in [0.717, 1.165) is 17.9 Å². The van der Waals surface area contributed by atoms with Crippen LogP contribution in [0.15, 0.2) is 23.7 Å². The molecular weight excluding hydrogens is 152 g/mol. The highest BCUT2D eigenvalue weighted by atomic mass is 16.5. The zero-order chi connectivity index (χ0) is 9.19. The molecule has 2 heteroatoms. The molecule has 0 unspecified atom stereocenters. The highest BCUT2D eigenvalue weighted by Crippen LogP contribution is 2.35. The molecule has 68 valence electrons. The molecule has 0 aromatic carbocycles. The Morgan fingerprint density at radius 1 is 1.25 bits per heavy atom. The molecule has 1 aliphatic rings. The second-order valence-corrected chi connectivity index (χ2v) is 3.61. The van der Waals surface area contributed by atoms with Crippen molar-refractivity contribution in [1.29, 1.82) is 0 Å². The lowest BCUT2D eigenvalue weighted by molar-refractivity contribution is 0.182. The first-order valence-corrected chi connectivity index (χ1v) is 4.10. The van der Waals surface area contributed by atoms with Gasteiger partial charge < -0.3 is 9.47 Å². The van der Waals surface area contributed by atoms with Crippen LogP contribution in [0.5, 0.6) is 0 Å². The second kappa shape index (κ2) is 3.21. The van der Waals surface area contributed by atoms with Crippen LogP contribution in [0.3, 0.4) is 0 Å². The van der Waals surface area contributed by atoms with Gasteiger partial charge in [0, 0.05) is 11.5 Å². The number of allylic oxidation sites excluding steroid dienone is 3. The van der Waals surface area contributed by atoms with E-state index in [0.29, 0.717) is 0 Å². The third-order valence-electron chi connectivity index (χ3n) is 2.21. The molecule has 0 fully saturated rings. The van der Waals surface area contributed by atoms with Gasteiger partial charge in [-0.05, 0) is 12.5 Å². The Labute approximate surface area is 73.9 Å². The standard InChI is InChI=1S/C10H16O2/c1-10(2)6-5-8(11-3)7-9(10)12-4/h5,7H,6H2,1-4H3. The molecule has 0 bridgehead atoms. The van der Waals surface area contributed by atoms with Gasteiger partial charge in [0.1, 0.15) is 11.5 Å². The summed E-state index contributed by atoms with van der Waals surface area (Å²) in [5, 5.41) is 0. The van der Waals surface area contributed by atoms with E-state index in [1.807, 2.05) is 6.08 Å². The lowest BCUT2D eigenvalue weighted by atomic mass is 9.83. The Morgan fingerprint density at radius 2 is 1.92 bits per heavy atom. The van der Waals surface area contributed by atoms with Gasteiger partial charge in [-0.15, -0.1) is 0 Å². The molecule has 2 nitrogen and oxygen atoms in total. The van der Waals surface area contributed by atoms with Gasteiger partial charge in [0.15, 0.2) is 0 Å². The zero-order valence-corrected chi connectivity index (χ0v) is 8.18. The Hall–Kier alpha value is -0.920. The molecule has 0 spiro atoms. The third kappa shape index (κ3) is 1.63. The van der Waals surface area contributed by atoms with Gasteiger partial charge in [0.25, 0.3) is 0 Å². The summed E-state index contributed by atoms with van der Waals surface area (Å²) in [6.45, 7) is 4.32. The van der Waals surface area contributed by atoms with Gasteiger partial charge >= 0.3 is 0 Å². The minimum absolute atomic E-state index is 0.108. The Bertz CT molecular complexity index is 224. The first kappa shape index (κ1) is 9.17. The highest BCUT2D eigenvalue weighted by Gasteiger charge is 2.26. The summed E-state index contributed by atoms with van der Waals surface area (Å²) in [5.74, 6) is 1.88. The van der Waals surface area contributed by atoms with E-state index in [-0.39, 0.29) is 5.41 Å². The van der Waals surface area contributed by atoms with E-state index in [9.17, 15) is 0 Å². The van der Waals surface area contributed by atoms with Gasteiger partial charge in [-0.1, -0.05) is 13.8 Å². The van der Waals surface area contributed by atoms with E-state index in [1.54, 1.807) is 14.2 Å². The quantitative estimate of drug-likeness (QED) is 0.630. The maximum Gasteiger partial charge on any atom is 0.118 e. The zero-order valence-electron chi connectivity index (χ0n) is 8.18. The van der Waals surface area contributed by atoms with Crippen LogP contribution in [0.4, 0.5) is 0 Å². The first-order chi connectivity index (χ1) is 5.60. The molecule has 0 aliphatic heterocycles. The third-order valence-corrected chi connectivity index (χ3v) is 2.21. The topological polar surface area (TPSA) is 18.5 Å². The number of ether oxygens (including phenoxy) is 2. The summed E-state index contributed by atoms with van der Waals surface area (Å²) in [4.78, 5) is 0. The minimum atomic E-state index is 0.108. The van der Waals surface area contributed by atoms with Gasteiger partial charge in [0.2, 0.25) is 0 Å². The summed E-state index contributed by atoms with van der Waals surface area (Å²) in [6, 6.07) is 0. The van der Waals surface area contributed by atoms with Gasteiger partial charge in [0.05, 0.1) is 14.2 Å². The monoisotopic (exact) mass is 168 g/mol. The molecule has 0 atom stereocenters. The van der Waals surface area contributed by atoms with Crippen LogP contribution in [0, 0.1) is 5.41 Å². The van der Waals surface area contributed by atoms with E-state index in [2.05, 4.69) is 19.9 Å². The predicted octanol–water partition coefficient (Wildman–Crippen LogP) is 2.48. The lowest BCUT2D eigenvalue weighted by Gasteiger charge is -2.28. The summed E-state index contributed by atoms with van der Waals surface area (Å²) in [5.41, 5.74) is 0.108. The lowest BCUT2D eigenvalue weighted by Crippen LogP contribution is -2.18. The maximum absolute atomic E-state index is 5.28. The van der Waals surface area contributed by atoms with Crippen molar-refractivity contribution >= 4 is 0 Å². The molecule has 0 aromatic heterocycles. The molecule has 0 aromatic rings.